The minimum absolute atomic E-state index is 0.151. The molecule has 5 aromatic heterocycles. The lowest BCUT2D eigenvalue weighted by molar-refractivity contribution is 0.0169. The Morgan fingerprint density at radius 1 is 0.978 bits per heavy atom. The van der Waals surface area contributed by atoms with E-state index in [0.717, 1.165) is 56.5 Å². The first-order valence-electron chi connectivity index (χ1n) is 15.6. The highest BCUT2D eigenvalue weighted by Crippen LogP contribution is 2.58. The van der Waals surface area contributed by atoms with Crippen molar-refractivity contribution in [2.24, 2.45) is 23.2 Å². The number of nitrogens with one attached hydrogen (secondary N) is 1. The van der Waals surface area contributed by atoms with Gasteiger partial charge in [0.2, 0.25) is 0 Å². The summed E-state index contributed by atoms with van der Waals surface area (Å²) in [5, 5.41) is 32.5. The first kappa shape index (κ1) is 27.2. The van der Waals surface area contributed by atoms with Gasteiger partial charge in [-0.05, 0) is 86.5 Å². The summed E-state index contributed by atoms with van der Waals surface area (Å²) in [6, 6.07) is 11.7. The molecule has 4 aliphatic carbocycles. The van der Waals surface area contributed by atoms with Crippen LogP contribution in [-0.4, -0.2) is 45.7 Å². The summed E-state index contributed by atoms with van der Waals surface area (Å²) in [7, 11) is 0. The van der Waals surface area contributed by atoms with Gasteiger partial charge in [-0.3, -0.25) is 4.68 Å². The lowest BCUT2D eigenvalue weighted by Gasteiger charge is -2.48. The van der Waals surface area contributed by atoms with E-state index in [1.165, 1.54) is 60.8 Å². The lowest BCUT2D eigenvalue weighted by Crippen LogP contribution is -2.40. The molecule has 2 N–H and O–H groups in total. The quantitative estimate of drug-likeness (QED) is 0.183. The first-order chi connectivity index (χ1) is 21.9. The van der Waals surface area contributed by atoms with Crippen molar-refractivity contribution in [3.63, 3.8) is 0 Å². The number of aromatic nitrogens is 7. The van der Waals surface area contributed by atoms with E-state index in [4.69, 9.17) is 5.10 Å². The van der Waals surface area contributed by atoms with E-state index in [9.17, 15) is 9.90 Å². The van der Waals surface area contributed by atoms with Crippen molar-refractivity contribution in [1.82, 2.24) is 34.6 Å². The van der Waals surface area contributed by atoms with Gasteiger partial charge in [0.25, 0.3) is 0 Å². The average molecular weight is 637 g/mol. The van der Waals surface area contributed by atoms with Gasteiger partial charge in [0.05, 0.1) is 38.7 Å². The molecule has 10 nitrogen and oxygen atoms in total. The Labute approximate surface area is 267 Å². The number of aromatic carboxylic acids is 1. The smallest absolute Gasteiger partial charge is 0.356 e. The molecule has 5 heterocycles. The van der Waals surface area contributed by atoms with Gasteiger partial charge in [-0.15, -0.1) is 21.5 Å². The van der Waals surface area contributed by atoms with E-state index in [1.807, 2.05) is 42.6 Å². The fraction of sp³-hybridized carbons (Fsp3) is 0.394. The number of benzene rings is 1. The Morgan fingerprint density at radius 2 is 1.76 bits per heavy atom. The number of anilines is 2. The summed E-state index contributed by atoms with van der Waals surface area (Å²) < 4.78 is 4.77. The molecule has 0 aliphatic heterocycles. The molecule has 0 spiro atoms. The molecular formula is C33H32N8O2S2. The molecule has 12 heteroatoms. The van der Waals surface area contributed by atoms with Gasteiger partial charge in [-0.1, -0.05) is 36.3 Å². The van der Waals surface area contributed by atoms with Crippen molar-refractivity contribution in [2.45, 2.75) is 58.4 Å². The van der Waals surface area contributed by atoms with E-state index in [-0.39, 0.29) is 5.69 Å². The molecule has 0 radical (unpaired) electrons. The van der Waals surface area contributed by atoms with Crippen molar-refractivity contribution in [3.8, 4) is 21.7 Å². The van der Waals surface area contributed by atoms with E-state index < -0.39 is 5.97 Å². The molecule has 4 bridgehead atoms. The third-order valence-electron chi connectivity index (χ3n) is 10.3. The predicted octanol–water partition coefficient (Wildman–Crippen LogP) is 7.68. The summed E-state index contributed by atoms with van der Waals surface area (Å²) >= 11 is 2.97. The molecular weight excluding hydrogens is 605 g/mol. The number of hydrogen-bond donors (Lipinski definition) is 2. The van der Waals surface area contributed by atoms with Crippen LogP contribution in [0.3, 0.4) is 0 Å². The summed E-state index contributed by atoms with van der Waals surface area (Å²) in [6.07, 6.45) is 13.0. The number of hydrogen-bond acceptors (Lipinski definition) is 9. The van der Waals surface area contributed by atoms with Crippen molar-refractivity contribution in [3.05, 3.63) is 60.2 Å². The molecule has 1 aromatic carbocycles. The molecule has 2 unspecified atom stereocenters. The SMILES string of the molecule is Cc1c(-c2sc3c(-c4ccc(Nc5nc6ccccc6s5)nn4)cnn3c2C(=O)O)cnn1CC12CC3CCC(CC(C3)C1)C2. The van der Waals surface area contributed by atoms with Crippen LogP contribution in [0.1, 0.15) is 61.1 Å². The van der Waals surface area contributed by atoms with Gasteiger partial charge in [0, 0.05) is 17.8 Å². The zero-order chi connectivity index (χ0) is 30.3. The number of carboxylic acids is 1. The summed E-state index contributed by atoms with van der Waals surface area (Å²) in [5.74, 6) is 2.14. The second-order valence-electron chi connectivity index (χ2n) is 13.3. The minimum Gasteiger partial charge on any atom is -0.476 e. The second-order valence-corrected chi connectivity index (χ2v) is 15.4. The summed E-state index contributed by atoms with van der Waals surface area (Å²) in [4.78, 5) is 18.6. The Morgan fingerprint density at radius 3 is 2.51 bits per heavy atom. The second kappa shape index (κ2) is 10.2. The van der Waals surface area contributed by atoms with Crippen molar-refractivity contribution >= 4 is 54.6 Å². The van der Waals surface area contributed by atoms with Crippen LogP contribution in [-0.2, 0) is 6.54 Å². The van der Waals surface area contributed by atoms with E-state index in [0.29, 0.717) is 26.6 Å². The van der Waals surface area contributed by atoms with Gasteiger partial charge in [-0.2, -0.15) is 10.2 Å². The number of para-hydroxylation sites is 1. The highest BCUT2D eigenvalue weighted by molar-refractivity contribution is 7.22. The Hall–Kier alpha value is -4.16. The van der Waals surface area contributed by atoms with Crippen molar-refractivity contribution in [1.29, 1.82) is 0 Å². The molecule has 228 valence electrons. The van der Waals surface area contributed by atoms with Crippen LogP contribution in [0, 0.1) is 30.1 Å². The first-order valence-corrected chi connectivity index (χ1v) is 17.3. The average Bonchev–Trinajstić information content (AvgIpc) is 3.75. The van der Waals surface area contributed by atoms with Crippen LogP contribution in [0.15, 0.2) is 48.8 Å². The van der Waals surface area contributed by atoms with Gasteiger partial charge in [0.15, 0.2) is 16.6 Å². The monoisotopic (exact) mass is 636 g/mol. The molecule has 0 amide bonds. The van der Waals surface area contributed by atoms with Crippen LogP contribution >= 0.6 is 22.7 Å². The predicted molar refractivity (Wildman–Crippen MR) is 175 cm³/mol. The molecule has 2 atom stereocenters. The van der Waals surface area contributed by atoms with E-state index >= 15 is 0 Å². The zero-order valence-corrected chi connectivity index (χ0v) is 26.4. The van der Waals surface area contributed by atoms with Gasteiger partial charge in [0.1, 0.15) is 4.83 Å². The fourth-order valence-corrected chi connectivity index (χ4v) is 10.8. The fourth-order valence-electron chi connectivity index (χ4n) is 8.67. The van der Waals surface area contributed by atoms with Gasteiger partial charge < -0.3 is 10.4 Å². The highest BCUT2D eigenvalue weighted by Gasteiger charge is 2.48. The van der Waals surface area contributed by atoms with Gasteiger partial charge in [-0.25, -0.2) is 14.3 Å². The molecule has 45 heavy (non-hydrogen) atoms. The normalized spacial score (nSPS) is 24.1. The maximum Gasteiger partial charge on any atom is 0.356 e. The summed E-state index contributed by atoms with van der Waals surface area (Å²) in [6.45, 7) is 3.00. The molecule has 6 aromatic rings. The number of carbonyl (C=O) groups is 1. The zero-order valence-electron chi connectivity index (χ0n) is 24.8. The molecule has 0 saturated heterocycles. The third-order valence-corrected chi connectivity index (χ3v) is 12.5. The number of thiazole rings is 2. The van der Waals surface area contributed by atoms with Crippen molar-refractivity contribution in [2.75, 3.05) is 5.32 Å². The molecule has 4 aliphatic rings. The van der Waals surface area contributed by atoms with Crippen LogP contribution in [0.5, 0.6) is 0 Å². The third kappa shape index (κ3) is 4.56. The van der Waals surface area contributed by atoms with Crippen LogP contribution in [0.25, 0.3) is 36.7 Å². The maximum absolute atomic E-state index is 12.6. The Kier molecular flexibility index (Phi) is 6.15. The summed E-state index contributed by atoms with van der Waals surface area (Å²) in [5.41, 5.74) is 4.64. The van der Waals surface area contributed by atoms with Crippen LogP contribution in [0.4, 0.5) is 10.9 Å². The molecule has 4 fully saturated rings. The number of nitrogens with zero attached hydrogens (tertiary/aromatic N) is 7. The number of rotatable bonds is 7. The molecule has 4 saturated carbocycles. The largest absolute Gasteiger partial charge is 0.476 e. The number of carboxylic acid groups (broad SMARTS) is 1. The highest BCUT2D eigenvalue weighted by atomic mass is 32.1. The lowest BCUT2D eigenvalue weighted by atomic mass is 9.58. The van der Waals surface area contributed by atoms with E-state index in [1.54, 1.807) is 17.5 Å². The van der Waals surface area contributed by atoms with E-state index in [2.05, 4.69) is 37.2 Å². The van der Waals surface area contributed by atoms with Crippen LogP contribution in [0.2, 0.25) is 0 Å². The maximum atomic E-state index is 12.6. The Bertz CT molecular complexity index is 2040. The van der Waals surface area contributed by atoms with Crippen LogP contribution < -0.4 is 5.32 Å². The van der Waals surface area contributed by atoms with Gasteiger partial charge >= 0.3 is 5.97 Å². The van der Waals surface area contributed by atoms with Crippen molar-refractivity contribution < 1.29 is 9.90 Å². The molecule has 10 rings (SSSR count). The number of fused-ring (bicyclic) bond motifs is 3. The Balaban J connectivity index is 1.02. The topological polar surface area (TPSA) is 123 Å². The standard InChI is InChI=1S/C33H32N8O2S2/c1-18-22(15-34-40(18)17-33-12-19-6-7-20(13-33)11-21(10-19)14-33)29-28(31(42)43)41-30(45-29)23(16-35-41)24-8-9-27(39-38-24)37-32-36-25-4-2-3-5-26(25)44-32/h2-5,8-9,15-16,19-21H,6-7,10-14,17H2,1H3,(H,42,43)(H,36,37,39). The minimum atomic E-state index is -1.02.